The van der Waals surface area contributed by atoms with Gasteiger partial charge in [0.2, 0.25) is 0 Å². The molecule has 1 aromatic rings. The van der Waals surface area contributed by atoms with Gasteiger partial charge in [0.15, 0.2) is 0 Å². The first kappa shape index (κ1) is 12.8. The Morgan fingerprint density at radius 3 is 3.11 bits per heavy atom. The molecule has 98 valence electrons. The van der Waals surface area contributed by atoms with Gasteiger partial charge >= 0.3 is 0 Å². The van der Waals surface area contributed by atoms with Crippen LogP contribution in [0.2, 0.25) is 0 Å². The van der Waals surface area contributed by atoms with Crippen molar-refractivity contribution < 1.29 is 4.79 Å². The van der Waals surface area contributed by atoms with E-state index in [2.05, 4.69) is 27.6 Å². The van der Waals surface area contributed by atoms with Crippen molar-refractivity contribution in [3.8, 4) is 0 Å². The molecule has 0 aliphatic carbocycles. The second-order valence-corrected chi connectivity index (χ2v) is 4.66. The lowest BCUT2D eigenvalue weighted by Crippen LogP contribution is -2.38. The fourth-order valence-corrected chi connectivity index (χ4v) is 2.33. The van der Waals surface area contributed by atoms with Gasteiger partial charge in [0, 0.05) is 25.8 Å². The molecule has 0 spiro atoms. The van der Waals surface area contributed by atoms with Gasteiger partial charge in [-0.05, 0) is 32.5 Å². The largest absolute Gasteiger partial charge is 0.386 e. The minimum atomic E-state index is -0.0398. The van der Waals surface area contributed by atoms with E-state index in [9.17, 15) is 4.79 Å². The summed E-state index contributed by atoms with van der Waals surface area (Å²) < 4.78 is 0. The van der Waals surface area contributed by atoms with Crippen molar-refractivity contribution in [3.05, 3.63) is 24.0 Å². The first-order valence-corrected chi connectivity index (χ1v) is 6.32. The average Bonchev–Trinajstić information content (AvgIpc) is 2.81. The van der Waals surface area contributed by atoms with E-state index < -0.39 is 0 Å². The highest BCUT2D eigenvalue weighted by atomic mass is 16.1. The monoisotopic (exact) mass is 248 g/mol. The van der Waals surface area contributed by atoms with Crippen molar-refractivity contribution >= 4 is 11.6 Å². The molecule has 0 radical (unpaired) electrons. The summed E-state index contributed by atoms with van der Waals surface area (Å²) in [5.41, 5.74) is 1.41. The molecule has 0 saturated carbocycles. The summed E-state index contributed by atoms with van der Waals surface area (Å²) in [4.78, 5) is 18.4. The number of anilines is 1. The maximum absolute atomic E-state index is 12.1. The van der Waals surface area contributed by atoms with Crippen LogP contribution in [0.15, 0.2) is 18.5 Å². The fraction of sp³-hybridized carbons (Fsp3) is 0.538. The summed E-state index contributed by atoms with van der Waals surface area (Å²) in [6.07, 6.45) is 5.67. The molecule has 1 unspecified atom stereocenters. The Morgan fingerprint density at radius 1 is 1.61 bits per heavy atom. The fourth-order valence-electron chi connectivity index (χ4n) is 2.33. The Labute approximate surface area is 108 Å². The highest BCUT2D eigenvalue weighted by Crippen LogP contribution is 2.15. The molecule has 1 aliphatic heterocycles. The van der Waals surface area contributed by atoms with Crippen LogP contribution >= 0.6 is 0 Å². The van der Waals surface area contributed by atoms with E-state index >= 15 is 0 Å². The third kappa shape index (κ3) is 2.79. The SMILES string of the molecule is CNc1cnccc1C(=O)NCC1CCCN1C. The summed E-state index contributed by atoms with van der Waals surface area (Å²) in [6, 6.07) is 2.20. The number of likely N-dealkylation sites (N-methyl/N-ethyl adjacent to an activating group) is 1. The maximum atomic E-state index is 12.1. The van der Waals surface area contributed by atoms with Gasteiger partial charge in [0.05, 0.1) is 17.4 Å². The normalized spacial score (nSPS) is 19.8. The van der Waals surface area contributed by atoms with Crippen LogP contribution in [-0.4, -0.2) is 49.0 Å². The number of nitrogens with zero attached hydrogens (tertiary/aromatic N) is 2. The molecule has 1 aromatic heterocycles. The lowest BCUT2D eigenvalue weighted by Gasteiger charge is -2.20. The van der Waals surface area contributed by atoms with E-state index in [1.54, 1.807) is 25.5 Å². The molecule has 1 fully saturated rings. The van der Waals surface area contributed by atoms with E-state index in [1.165, 1.54) is 6.42 Å². The van der Waals surface area contributed by atoms with Crippen LogP contribution in [0.5, 0.6) is 0 Å². The van der Waals surface area contributed by atoms with Gasteiger partial charge in [-0.25, -0.2) is 0 Å². The van der Waals surface area contributed by atoms with Crippen LogP contribution in [0.25, 0.3) is 0 Å². The number of likely N-dealkylation sites (tertiary alicyclic amines) is 1. The summed E-state index contributed by atoms with van der Waals surface area (Å²) in [5.74, 6) is -0.0398. The first-order chi connectivity index (χ1) is 8.72. The van der Waals surface area contributed by atoms with Crippen LogP contribution in [-0.2, 0) is 0 Å². The van der Waals surface area contributed by atoms with Crippen LogP contribution in [0, 0.1) is 0 Å². The molecule has 0 aromatic carbocycles. The molecule has 2 rings (SSSR count). The van der Waals surface area contributed by atoms with E-state index in [-0.39, 0.29) is 5.91 Å². The van der Waals surface area contributed by atoms with Gasteiger partial charge in [-0.15, -0.1) is 0 Å². The van der Waals surface area contributed by atoms with E-state index in [1.807, 2.05) is 0 Å². The van der Waals surface area contributed by atoms with Gasteiger partial charge in [-0.1, -0.05) is 0 Å². The first-order valence-electron chi connectivity index (χ1n) is 6.32. The number of aromatic nitrogens is 1. The van der Waals surface area contributed by atoms with E-state index in [4.69, 9.17) is 0 Å². The number of amides is 1. The second kappa shape index (κ2) is 5.82. The third-order valence-electron chi connectivity index (χ3n) is 3.50. The minimum Gasteiger partial charge on any atom is -0.386 e. The number of carbonyl (C=O) groups is 1. The van der Waals surface area contributed by atoms with Gasteiger partial charge in [0.25, 0.3) is 5.91 Å². The van der Waals surface area contributed by atoms with Gasteiger partial charge in [-0.2, -0.15) is 0 Å². The zero-order valence-corrected chi connectivity index (χ0v) is 10.9. The molecule has 0 bridgehead atoms. The molecule has 5 nitrogen and oxygen atoms in total. The Hall–Kier alpha value is -1.62. The highest BCUT2D eigenvalue weighted by Gasteiger charge is 2.21. The predicted molar refractivity (Wildman–Crippen MR) is 71.8 cm³/mol. The summed E-state index contributed by atoms with van der Waals surface area (Å²) in [5, 5.41) is 5.98. The zero-order valence-electron chi connectivity index (χ0n) is 10.9. The number of pyridine rings is 1. The van der Waals surface area contributed by atoms with Crippen LogP contribution < -0.4 is 10.6 Å². The summed E-state index contributed by atoms with van der Waals surface area (Å²) in [7, 11) is 3.90. The van der Waals surface area contributed by atoms with Crippen molar-refractivity contribution in [3.63, 3.8) is 0 Å². The second-order valence-electron chi connectivity index (χ2n) is 4.66. The molecule has 1 atom stereocenters. The molecule has 1 amide bonds. The molecular weight excluding hydrogens is 228 g/mol. The number of nitrogens with one attached hydrogen (secondary N) is 2. The van der Waals surface area contributed by atoms with Crippen molar-refractivity contribution in [1.82, 2.24) is 15.2 Å². The van der Waals surface area contributed by atoms with E-state index in [0.29, 0.717) is 18.2 Å². The van der Waals surface area contributed by atoms with Crippen molar-refractivity contribution in [2.75, 3.05) is 32.5 Å². The van der Waals surface area contributed by atoms with Crippen molar-refractivity contribution in [2.45, 2.75) is 18.9 Å². The molecular formula is C13H20N4O. The third-order valence-corrected chi connectivity index (χ3v) is 3.50. The van der Waals surface area contributed by atoms with Crippen molar-refractivity contribution in [2.24, 2.45) is 0 Å². The molecule has 1 aliphatic rings. The summed E-state index contributed by atoms with van der Waals surface area (Å²) >= 11 is 0. The van der Waals surface area contributed by atoms with Crippen LogP contribution in [0.1, 0.15) is 23.2 Å². The standard InChI is InChI=1S/C13H20N4O/c1-14-12-9-15-6-5-11(12)13(18)16-8-10-4-3-7-17(10)2/h5-6,9-10,14H,3-4,7-8H2,1-2H3,(H,16,18). The van der Waals surface area contributed by atoms with Crippen LogP contribution in [0.4, 0.5) is 5.69 Å². The van der Waals surface area contributed by atoms with Gasteiger partial charge in [0.1, 0.15) is 0 Å². The molecule has 18 heavy (non-hydrogen) atoms. The Morgan fingerprint density at radius 2 is 2.44 bits per heavy atom. The van der Waals surface area contributed by atoms with E-state index in [0.717, 1.165) is 18.7 Å². The Bertz CT molecular complexity index is 421. The quantitative estimate of drug-likeness (QED) is 0.833. The lowest BCUT2D eigenvalue weighted by molar-refractivity contribution is 0.0944. The Kier molecular flexibility index (Phi) is 4.15. The van der Waals surface area contributed by atoms with Gasteiger partial charge in [-0.3, -0.25) is 9.78 Å². The number of rotatable bonds is 4. The number of hydrogen-bond donors (Lipinski definition) is 2. The Balaban J connectivity index is 1.95. The number of hydrogen-bond acceptors (Lipinski definition) is 4. The smallest absolute Gasteiger partial charge is 0.253 e. The predicted octanol–water partition coefficient (Wildman–Crippen LogP) is 0.947. The zero-order chi connectivity index (χ0) is 13.0. The highest BCUT2D eigenvalue weighted by molar-refractivity contribution is 5.99. The lowest BCUT2D eigenvalue weighted by atomic mass is 10.2. The maximum Gasteiger partial charge on any atom is 0.253 e. The molecule has 5 heteroatoms. The molecule has 2 N–H and O–H groups in total. The topological polar surface area (TPSA) is 57.3 Å². The van der Waals surface area contributed by atoms with Crippen molar-refractivity contribution in [1.29, 1.82) is 0 Å². The minimum absolute atomic E-state index is 0.0398. The molecule has 2 heterocycles. The average molecular weight is 248 g/mol. The van der Waals surface area contributed by atoms with Gasteiger partial charge < -0.3 is 15.5 Å². The molecule has 1 saturated heterocycles. The van der Waals surface area contributed by atoms with Crippen LogP contribution in [0.3, 0.4) is 0 Å². The number of carbonyl (C=O) groups excluding carboxylic acids is 1. The summed E-state index contributed by atoms with van der Waals surface area (Å²) in [6.45, 7) is 1.83.